The van der Waals surface area contributed by atoms with Gasteiger partial charge in [-0.3, -0.25) is 0 Å². The Morgan fingerprint density at radius 1 is 1.29 bits per heavy atom. The first kappa shape index (κ1) is 19.5. The fourth-order valence-corrected chi connectivity index (χ4v) is 3.96. The number of carbonyl (C=O) groups is 1. The zero-order valence-corrected chi connectivity index (χ0v) is 15.5. The Balaban J connectivity index is 1.88. The molecule has 2 rings (SSSR count). The van der Waals surface area contributed by atoms with Crippen molar-refractivity contribution in [3.05, 3.63) is 0 Å². The lowest BCUT2D eigenvalue weighted by Gasteiger charge is -2.42. The lowest BCUT2D eigenvalue weighted by Crippen LogP contribution is -2.50. The van der Waals surface area contributed by atoms with Gasteiger partial charge in [0.1, 0.15) is 5.60 Å². The van der Waals surface area contributed by atoms with Crippen LogP contribution in [0.2, 0.25) is 0 Å². The minimum absolute atomic E-state index is 0.0677. The summed E-state index contributed by atoms with van der Waals surface area (Å²) in [6, 6.07) is 0.427. The molecule has 2 fully saturated rings. The quantitative estimate of drug-likeness (QED) is 0.724. The van der Waals surface area contributed by atoms with Crippen molar-refractivity contribution >= 4 is 6.09 Å². The van der Waals surface area contributed by atoms with E-state index in [1.807, 2.05) is 25.7 Å². The van der Waals surface area contributed by atoms with Crippen LogP contribution < -0.4 is 5.32 Å². The van der Waals surface area contributed by atoms with Crippen LogP contribution in [0.3, 0.4) is 0 Å². The second-order valence-corrected chi connectivity index (χ2v) is 8.10. The Morgan fingerprint density at radius 3 is 2.79 bits per heavy atom. The number of amides is 1. The second kappa shape index (κ2) is 8.50. The number of hydrogen-bond donors (Lipinski definition) is 2. The minimum Gasteiger partial charge on any atom is -0.444 e. The molecule has 2 N–H and O–H groups in total. The Hall–Kier alpha value is -0.850. The number of hydrogen-bond acceptors (Lipinski definition) is 5. The second-order valence-electron chi connectivity index (χ2n) is 8.10. The average molecular weight is 342 g/mol. The van der Waals surface area contributed by atoms with E-state index >= 15 is 0 Å². The van der Waals surface area contributed by atoms with E-state index in [0.717, 1.165) is 32.5 Å². The first-order valence-electron chi connectivity index (χ1n) is 9.26. The van der Waals surface area contributed by atoms with E-state index < -0.39 is 5.60 Å². The first-order valence-corrected chi connectivity index (χ1v) is 9.26. The molecule has 2 atom stereocenters. The normalized spacial score (nSPS) is 27.7. The highest BCUT2D eigenvalue weighted by Crippen LogP contribution is 2.44. The zero-order valence-electron chi connectivity index (χ0n) is 15.5. The summed E-state index contributed by atoms with van der Waals surface area (Å²) in [5, 5.41) is 12.4. The largest absolute Gasteiger partial charge is 0.444 e. The first-order chi connectivity index (χ1) is 11.4. The van der Waals surface area contributed by atoms with E-state index in [2.05, 4.69) is 5.32 Å². The summed E-state index contributed by atoms with van der Waals surface area (Å²) in [6.45, 7) is 9.17. The number of rotatable bonds is 6. The van der Waals surface area contributed by atoms with E-state index in [0.29, 0.717) is 19.3 Å². The molecule has 0 radical (unpaired) electrons. The van der Waals surface area contributed by atoms with Crippen molar-refractivity contribution in [1.82, 2.24) is 10.2 Å². The molecular weight excluding hydrogens is 308 g/mol. The van der Waals surface area contributed by atoms with Gasteiger partial charge in [-0.2, -0.15) is 0 Å². The molecule has 0 bridgehead atoms. The fraction of sp³-hybridized carbons (Fsp3) is 0.944. The van der Waals surface area contributed by atoms with Gasteiger partial charge in [-0.15, -0.1) is 0 Å². The third kappa shape index (κ3) is 5.33. The van der Waals surface area contributed by atoms with Crippen LogP contribution in [0.15, 0.2) is 0 Å². The summed E-state index contributed by atoms with van der Waals surface area (Å²) in [7, 11) is 0. The van der Waals surface area contributed by atoms with E-state index in [9.17, 15) is 4.79 Å². The molecule has 1 amide bonds. The molecule has 0 aromatic carbocycles. The number of nitrogens with one attached hydrogen (secondary N) is 1. The topological polar surface area (TPSA) is 71.0 Å². The number of aliphatic hydroxyl groups excluding tert-OH is 1. The maximum Gasteiger partial charge on any atom is 0.410 e. The summed E-state index contributed by atoms with van der Waals surface area (Å²) in [5.41, 5.74) is -0.271. The zero-order chi connectivity index (χ0) is 17.6. The standard InChI is InChI=1S/C18H34N2O4/c1-17(2,3)24-16(22)20-10-8-18(14-20)7-5-4-6-15(18)19-9-12-23-13-11-21/h15,19,21H,4-14H2,1-3H3. The average Bonchev–Trinajstić information content (AvgIpc) is 2.92. The van der Waals surface area contributed by atoms with Crippen molar-refractivity contribution in [3.63, 3.8) is 0 Å². The number of nitrogens with zero attached hydrogens (tertiary/aromatic N) is 1. The molecule has 1 saturated heterocycles. The maximum absolute atomic E-state index is 12.4. The molecule has 1 saturated carbocycles. The van der Waals surface area contributed by atoms with Gasteiger partial charge in [0.25, 0.3) is 0 Å². The van der Waals surface area contributed by atoms with Crippen LogP contribution in [-0.2, 0) is 9.47 Å². The van der Waals surface area contributed by atoms with Gasteiger partial charge in [0, 0.05) is 31.1 Å². The van der Waals surface area contributed by atoms with E-state index in [4.69, 9.17) is 14.6 Å². The van der Waals surface area contributed by atoms with Gasteiger partial charge >= 0.3 is 6.09 Å². The lowest BCUT2D eigenvalue weighted by atomic mass is 9.69. The molecule has 2 aliphatic rings. The summed E-state index contributed by atoms with van der Waals surface area (Å²) in [5.74, 6) is 0. The van der Waals surface area contributed by atoms with E-state index in [1.54, 1.807) is 0 Å². The Bertz CT molecular complexity index is 410. The molecule has 6 heteroatoms. The van der Waals surface area contributed by atoms with E-state index in [1.165, 1.54) is 19.3 Å². The van der Waals surface area contributed by atoms with Crippen molar-refractivity contribution in [2.24, 2.45) is 5.41 Å². The summed E-state index contributed by atoms with van der Waals surface area (Å²) < 4.78 is 10.9. The summed E-state index contributed by atoms with van der Waals surface area (Å²) >= 11 is 0. The molecule has 0 aromatic heterocycles. The third-order valence-electron chi connectivity index (χ3n) is 5.07. The fourth-order valence-electron chi connectivity index (χ4n) is 3.96. The molecule has 1 aliphatic heterocycles. The highest BCUT2D eigenvalue weighted by molar-refractivity contribution is 5.68. The Kier molecular flexibility index (Phi) is 6.89. The molecular formula is C18H34N2O4. The number of carbonyl (C=O) groups excluding carboxylic acids is 1. The Labute approximate surface area is 145 Å². The SMILES string of the molecule is CC(C)(C)OC(=O)N1CCC2(CCCCC2NCCOCCO)C1. The van der Waals surface area contributed by atoms with Gasteiger partial charge < -0.3 is 24.8 Å². The van der Waals surface area contributed by atoms with E-state index in [-0.39, 0.29) is 18.1 Å². The Morgan fingerprint density at radius 2 is 2.08 bits per heavy atom. The predicted octanol–water partition coefficient (Wildman–Crippen LogP) is 2.15. The molecule has 1 aliphatic carbocycles. The van der Waals surface area contributed by atoms with Crippen molar-refractivity contribution in [3.8, 4) is 0 Å². The van der Waals surface area contributed by atoms with Crippen LogP contribution in [0.5, 0.6) is 0 Å². The molecule has 140 valence electrons. The summed E-state index contributed by atoms with van der Waals surface area (Å²) in [6.07, 6.45) is 5.66. The predicted molar refractivity (Wildman–Crippen MR) is 93.0 cm³/mol. The molecule has 1 heterocycles. The third-order valence-corrected chi connectivity index (χ3v) is 5.07. The number of aliphatic hydroxyl groups is 1. The number of likely N-dealkylation sites (tertiary alicyclic amines) is 1. The lowest BCUT2D eigenvalue weighted by molar-refractivity contribution is 0.0243. The van der Waals surface area contributed by atoms with Crippen LogP contribution in [0.4, 0.5) is 4.79 Å². The van der Waals surface area contributed by atoms with Gasteiger partial charge in [-0.1, -0.05) is 12.8 Å². The molecule has 2 unspecified atom stereocenters. The van der Waals surface area contributed by atoms with Crippen molar-refractivity contribution in [2.75, 3.05) is 39.5 Å². The van der Waals surface area contributed by atoms with Crippen molar-refractivity contribution in [1.29, 1.82) is 0 Å². The maximum atomic E-state index is 12.4. The van der Waals surface area contributed by atoms with Crippen LogP contribution in [0, 0.1) is 5.41 Å². The van der Waals surface area contributed by atoms with Gasteiger partial charge in [-0.25, -0.2) is 4.79 Å². The smallest absolute Gasteiger partial charge is 0.410 e. The molecule has 0 aromatic rings. The van der Waals surface area contributed by atoms with Gasteiger partial charge in [0.05, 0.1) is 19.8 Å². The van der Waals surface area contributed by atoms with Crippen LogP contribution in [-0.4, -0.2) is 67.2 Å². The molecule has 1 spiro atoms. The van der Waals surface area contributed by atoms with Gasteiger partial charge in [0.2, 0.25) is 0 Å². The van der Waals surface area contributed by atoms with Crippen LogP contribution >= 0.6 is 0 Å². The van der Waals surface area contributed by atoms with Crippen molar-refractivity contribution < 1.29 is 19.4 Å². The summed E-state index contributed by atoms with van der Waals surface area (Å²) in [4.78, 5) is 14.2. The highest BCUT2D eigenvalue weighted by atomic mass is 16.6. The highest BCUT2D eigenvalue weighted by Gasteiger charge is 2.47. The van der Waals surface area contributed by atoms with Crippen molar-refractivity contribution in [2.45, 2.75) is 64.5 Å². The monoisotopic (exact) mass is 342 g/mol. The molecule has 24 heavy (non-hydrogen) atoms. The number of ether oxygens (including phenoxy) is 2. The molecule has 6 nitrogen and oxygen atoms in total. The van der Waals surface area contributed by atoms with Crippen LogP contribution in [0.25, 0.3) is 0 Å². The van der Waals surface area contributed by atoms with Gasteiger partial charge in [0.15, 0.2) is 0 Å². The van der Waals surface area contributed by atoms with Crippen LogP contribution in [0.1, 0.15) is 52.9 Å². The van der Waals surface area contributed by atoms with Gasteiger partial charge in [-0.05, 0) is 40.0 Å². The minimum atomic E-state index is -0.443.